The van der Waals surface area contributed by atoms with Gasteiger partial charge in [0, 0.05) is 45.2 Å². The SMILES string of the molecule is CN(C)C(=O)N1CCN(c2cc(S(=O)[O-])cc3cncn23)CC1. The van der Waals surface area contributed by atoms with Gasteiger partial charge in [0.2, 0.25) is 0 Å². The van der Waals surface area contributed by atoms with Crippen molar-refractivity contribution in [2.24, 2.45) is 0 Å². The summed E-state index contributed by atoms with van der Waals surface area (Å²) < 4.78 is 24.5. The predicted molar refractivity (Wildman–Crippen MR) is 85.2 cm³/mol. The van der Waals surface area contributed by atoms with Gasteiger partial charge in [0.25, 0.3) is 0 Å². The van der Waals surface area contributed by atoms with Crippen LogP contribution in [0.25, 0.3) is 5.52 Å². The molecule has 2 aromatic heterocycles. The Morgan fingerprint density at radius 1 is 1.26 bits per heavy atom. The number of pyridine rings is 1. The third kappa shape index (κ3) is 3.02. The van der Waals surface area contributed by atoms with E-state index < -0.39 is 11.1 Å². The second-order valence-corrected chi connectivity index (χ2v) is 6.56. The lowest BCUT2D eigenvalue weighted by Crippen LogP contribution is -2.51. The second kappa shape index (κ2) is 6.17. The lowest BCUT2D eigenvalue weighted by Gasteiger charge is -2.37. The smallest absolute Gasteiger partial charge is 0.319 e. The summed E-state index contributed by atoms with van der Waals surface area (Å²) in [5.41, 5.74) is 0.730. The van der Waals surface area contributed by atoms with Gasteiger partial charge < -0.3 is 19.3 Å². The van der Waals surface area contributed by atoms with Crippen molar-refractivity contribution >= 4 is 28.4 Å². The predicted octanol–water partition coefficient (Wildman–Crippen LogP) is 0.376. The molecule has 1 unspecified atom stereocenters. The van der Waals surface area contributed by atoms with Gasteiger partial charge in [-0.1, -0.05) is 0 Å². The van der Waals surface area contributed by atoms with Crippen molar-refractivity contribution in [2.75, 3.05) is 45.2 Å². The monoisotopic (exact) mass is 336 g/mol. The minimum atomic E-state index is -2.29. The van der Waals surface area contributed by atoms with Crippen molar-refractivity contribution in [3.8, 4) is 0 Å². The van der Waals surface area contributed by atoms with Crippen LogP contribution in [0.3, 0.4) is 0 Å². The summed E-state index contributed by atoms with van der Waals surface area (Å²) in [6.07, 6.45) is 3.30. The molecule has 2 aromatic rings. The van der Waals surface area contributed by atoms with Crippen molar-refractivity contribution in [1.82, 2.24) is 19.2 Å². The first kappa shape index (κ1) is 15.8. The first-order valence-corrected chi connectivity index (χ1v) is 8.31. The molecule has 3 rings (SSSR count). The number of carbonyl (C=O) groups excluding carboxylic acids is 1. The van der Waals surface area contributed by atoms with Crippen LogP contribution in [-0.2, 0) is 11.1 Å². The van der Waals surface area contributed by atoms with Crippen LogP contribution in [0.1, 0.15) is 0 Å². The van der Waals surface area contributed by atoms with E-state index in [0.717, 1.165) is 11.3 Å². The average Bonchev–Trinajstić information content (AvgIpc) is 3.01. The first-order valence-electron chi connectivity index (χ1n) is 7.24. The fourth-order valence-corrected chi connectivity index (χ4v) is 3.16. The third-order valence-corrected chi connectivity index (χ3v) is 4.55. The highest BCUT2D eigenvalue weighted by Gasteiger charge is 2.23. The number of hydrogen-bond acceptors (Lipinski definition) is 5. The molecule has 2 amide bonds. The summed E-state index contributed by atoms with van der Waals surface area (Å²) in [5.74, 6) is 0.774. The molecule has 1 aliphatic rings. The summed E-state index contributed by atoms with van der Waals surface area (Å²) in [5, 5.41) is 0. The Labute approximate surface area is 136 Å². The van der Waals surface area contributed by atoms with Crippen molar-refractivity contribution in [3.05, 3.63) is 24.7 Å². The maximum atomic E-state index is 12.0. The van der Waals surface area contributed by atoms with E-state index in [0.29, 0.717) is 26.2 Å². The summed E-state index contributed by atoms with van der Waals surface area (Å²) in [6.45, 7) is 2.47. The number of hydrogen-bond donors (Lipinski definition) is 0. The van der Waals surface area contributed by atoms with Crippen LogP contribution in [0.4, 0.5) is 10.6 Å². The Morgan fingerprint density at radius 3 is 2.57 bits per heavy atom. The lowest BCUT2D eigenvalue weighted by atomic mass is 10.3. The number of anilines is 1. The first-order chi connectivity index (χ1) is 11.0. The Bertz CT molecular complexity index is 752. The molecule has 1 fully saturated rings. The van der Waals surface area contributed by atoms with E-state index in [1.165, 1.54) is 0 Å². The molecule has 0 saturated carbocycles. The van der Waals surface area contributed by atoms with E-state index in [1.54, 1.807) is 48.6 Å². The number of urea groups is 1. The van der Waals surface area contributed by atoms with Gasteiger partial charge in [-0.3, -0.25) is 8.61 Å². The zero-order valence-electron chi connectivity index (χ0n) is 13.0. The van der Waals surface area contributed by atoms with Crippen LogP contribution in [0.5, 0.6) is 0 Å². The van der Waals surface area contributed by atoms with Crippen LogP contribution >= 0.6 is 0 Å². The topological polar surface area (TPSA) is 84.2 Å². The van der Waals surface area contributed by atoms with E-state index in [4.69, 9.17) is 0 Å². The van der Waals surface area contributed by atoms with Gasteiger partial charge in [-0.2, -0.15) is 0 Å². The van der Waals surface area contributed by atoms with Gasteiger partial charge in [-0.05, 0) is 23.2 Å². The number of imidazole rings is 1. The number of piperazine rings is 1. The lowest BCUT2D eigenvalue weighted by molar-refractivity contribution is 0.168. The Kier molecular flexibility index (Phi) is 4.22. The molecule has 23 heavy (non-hydrogen) atoms. The standard InChI is InChI=1S/C14H19N5O3S/c1-16(2)14(20)18-5-3-17(4-6-18)13-8-12(23(21)22)7-11-9-15-10-19(11)13/h7-10H,3-6H2,1-2H3,(H,21,22)/p-1. The molecule has 9 heteroatoms. The number of fused-ring (bicyclic) bond motifs is 1. The summed E-state index contributed by atoms with van der Waals surface area (Å²) >= 11 is -2.29. The summed E-state index contributed by atoms with van der Waals surface area (Å²) in [7, 11) is 3.47. The van der Waals surface area contributed by atoms with Crippen LogP contribution in [0, 0.1) is 0 Å². The fourth-order valence-electron chi connectivity index (χ4n) is 2.74. The molecule has 0 radical (unpaired) electrons. The molecule has 124 valence electrons. The van der Waals surface area contributed by atoms with E-state index in [-0.39, 0.29) is 10.9 Å². The molecule has 3 heterocycles. The number of amides is 2. The zero-order valence-corrected chi connectivity index (χ0v) is 13.8. The molecular formula is C14H18N5O3S-. The molecule has 8 nitrogen and oxygen atoms in total. The maximum Gasteiger partial charge on any atom is 0.319 e. The average molecular weight is 336 g/mol. The van der Waals surface area contributed by atoms with Crippen LogP contribution in [0.15, 0.2) is 29.6 Å². The van der Waals surface area contributed by atoms with Crippen molar-refractivity contribution in [2.45, 2.75) is 4.90 Å². The van der Waals surface area contributed by atoms with E-state index in [2.05, 4.69) is 9.88 Å². The largest absolute Gasteiger partial charge is 0.768 e. The van der Waals surface area contributed by atoms with Gasteiger partial charge in [0.1, 0.15) is 12.1 Å². The third-order valence-electron chi connectivity index (χ3n) is 3.92. The summed E-state index contributed by atoms with van der Waals surface area (Å²) in [4.78, 5) is 21.7. The zero-order chi connectivity index (χ0) is 16.6. The van der Waals surface area contributed by atoms with E-state index >= 15 is 0 Å². The molecule has 0 N–H and O–H groups in total. The molecular weight excluding hydrogens is 318 g/mol. The highest BCUT2D eigenvalue weighted by molar-refractivity contribution is 7.79. The maximum absolute atomic E-state index is 12.0. The number of aromatic nitrogens is 2. The quantitative estimate of drug-likeness (QED) is 0.740. The van der Waals surface area contributed by atoms with Gasteiger partial charge in [0.05, 0.1) is 11.7 Å². The van der Waals surface area contributed by atoms with E-state index in [9.17, 15) is 13.6 Å². The van der Waals surface area contributed by atoms with Gasteiger partial charge >= 0.3 is 6.03 Å². The number of rotatable bonds is 2. The minimum Gasteiger partial charge on any atom is -0.768 e. The Morgan fingerprint density at radius 2 is 1.96 bits per heavy atom. The van der Waals surface area contributed by atoms with Gasteiger partial charge in [-0.15, -0.1) is 0 Å². The van der Waals surface area contributed by atoms with E-state index in [1.807, 2.05) is 4.40 Å². The normalized spacial score (nSPS) is 16.7. The minimum absolute atomic E-state index is 0.00756. The molecule has 1 atom stereocenters. The van der Waals surface area contributed by atoms with Crippen LogP contribution in [0.2, 0.25) is 0 Å². The summed E-state index contributed by atoms with van der Waals surface area (Å²) in [6, 6.07) is 3.22. The molecule has 0 spiro atoms. The molecule has 1 saturated heterocycles. The van der Waals surface area contributed by atoms with Crippen molar-refractivity contribution < 1.29 is 13.6 Å². The molecule has 0 aromatic carbocycles. The van der Waals surface area contributed by atoms with Crippen molar-refractivity contribution in [1.29, 1.82) is 0 Å². The van der Waals surface area contributed by atoms with Crippen LogP contribution < -0.4 is 4.90 Å². The van der Waals surface area contributed by atoms with Gasteiger partial charge in [0.15, 0.2) is 0 Å². The van der Waals surface area contributed by atoms with Gasteiger partial charge in [-0.25, -0.2) is 9.78 Å². The Balaban J connectivity index is 1.86. The molecule has 0 aliphatic carbocycles. The second-order valence-electron chi connectivity index (χ2n) is 5.62. The highest BCUT2D eigenvalue weighted by Crippen LogP contribution is 2.23. The number of nitrogens with zero attached hydrogens (tertiary/aromatic N) is 5. The van der Waals surface area contributed by atoms with Crippen LogP contribution in [-0.4, -0.2) is 74.3 Å². The molecule has 0 bridgehead atoms. The number of carbonyl (C=O) groups is 1. The Hall–Kier alpha value is -2.13. The van der Waals surface area contributed by atoms with Crippen molar-refractivity contribution in [3.63, 3.8) is 0 Å². The fraction of sp³-hybridized carbons (Fsp3) is 0.429. The molecule has 1 aliphatic heterocycles. The highest BCUT2D eigenvalue weighted by atomic mass is 32.2.